The minimum Gasteiger partial charge on any atom is -0.457 e. The summed E-state index contributed by atoms with van der Waals surface area (Å²) in [6.45, 7) is 0. The van der Waals surface area contributed by atoms with Crippen LogP contribution < -0.4 is 4.74 Å². The van der Waals surface area contributed by atoms with Gasteiger partial charge in [-0.05, 0) is 12.1 Å². The molecule has 0 radical (unpaired) electrons. The number of rotatable bonds is 0. The summed E-state index contributed by atoms with van der Waals surface area (Å²) in [5.74, 6) is 1.97. The maximum atomic E-state index is 5.01. The van der Waals surface area contributed by atoms with Crippen molar-refractivity contribution >= 4 is 12.4 Å². The van der Waals surface area contributed by atoms with E-state index in [2.05, 4.69) is 0 Å². The number of fused-ring (bicyclic) bond motifs is 2. The van der Waals surface area contributed by atoms with Gasteiger partial charge in [0.25, 0.3) is 0 Å². The van der Waals surface area contributed by atoms with Crippen LogP contribution in [0.3, 0.4) is 0 Å². The van der Waals surface area contributed by atoms with E-state index in [0.29, 0.717) is 0 Å². The molecule has 2 aliphatic rings. The van der Waals surface area contributed by atoms with Gasteiger partial charge in [0.2, 0.25) is 0 Å². The Morgan fingerprint density at radius 2 is 1.62 bits per heavy atom. The topological polar surface area (TPSA) is 9.23 Å². The molecule has 2 aliphatic heterocycles. The zero-order valence-electron chi connectivity index (χ0n) is 4.13. The zero-order valence-corrected chi connectivity index (χ0v) is 4.94. The van der Waals surface area contributed by atoms with Crippen LogP contribution in [0.4, 0.5) is 0 Å². The van der Waals surface area contributed by atoms with Gasteiger partial charge in [0.1, 0.15) is 11.5 Å². The average Bonchev–Trinajstić information content (AvgIpc) is 1.67. The van der Waals surface area contributed by atoms with Crippen LogP contribution in [0.2, 0.25) is 0 Å². The molecule has 0 atom stereocenters. The van der Waals surface area contributed by atoms with E-state index >= 15 is 0 Å². The van der Waals surface area contributed by atoms with Crippen LogP contribution in [0, 0.1) is 0 Å². The minimum atomic E-state index is 0. The van der Waals surface area contributed by atoms with Crippen molar-refractivity contribution in [3.8, 4) is 11.5 Å². The molecule has 0 unspecified atom stereocenters. The van der Waals surface area contributed by atoms with Gasteiger partial charge in [-0.1, -0.05) is 6.07 Å². The van der Waals surface area contributed by atoms with Crippen LogP contribution in [0.5, 0.6) is 11.5 Å². The summed E-state index contributed by atoms with van der Waals surface area (Å²) in [7, 11) is 0. The van der Waals surface area contributed by atoms with Crippen LogP contribution in [-0.2, 0) is 0 Å². The number of ether oxygens (including phenoxy) is 1. The van der Waals surface area contributed by atoms with E-state index in [1.54, 1.807) is 0 Å². The molecule has 0 amide bonds. The number of halogens is 1. The van der Waals surface area contributed by atoms with Crippen molar-refractivity contribution in [2.45, 2.75) is 0 Å². The summed E-state index contributed by atoms with van der Waals surface area (Å²) in [5.41, 5.74) is 0. The maximum absolute atomic E-state index is 5.01. The molecular formula is C6H5ClO. The molecule has 0 fully saturated rings. The molecular weight excluding hydrogens is 124 g/mol. The van der Waals surface area contributed by atoms with E-state index in [-0.39, 0.29) is 12.4 Å². The average molecular weight is 129 g/mol. The molecule has 0 saturated heterocycles. The van der Waals surface area contributed by atoms with E-state index in [9.17, 15) is 0 Å². The molecule has 2 bridgehead atoms. The minimum absolute atomic E-state index is 0. The normalized spacial score (nSPS) is 10.5. The first-order valence-electron chi connectivity index (χ1n) is 2.23. The van der Waals surface area contributed by atoms with Crippen LogP contribution in [-0.4, -0.2) is 0 Å². The van der Waals surface area contributed by atoms with E-state index < -0.39 is 0 Å². The van der Waals surface area contributed by atoms with Gasteiger partial charge in [0.05, 0.1) is 0 Å². The Bertz CT molecular complexity index is 173. The second-order valence-electron chi connectivity index (χ2n) is 1.58. The Morgan fingerprint density at radius 1 is 1.12 bits per heavy atom. The van der Waals surface area contributed by atoms with Gasteiger partial charge >= 0.3 is 0 Å². The molecule has 3 rings (SSSR count). The Balaban J connectivity index is 0.000000320. The molecule has 8 heavy (non-hydrogen) atoms. The molecule has 0 aromatic heterocycles. The SMILES string of the molecule is Cl.c1cc2cc(c1)O2. The molecule has 2 heteroatoms. The summed E-state index contributed by atoms with van der Waals surface area (Å²) in [4.78, 5) is 0. The fourth-order valence-corrected chi connectivity index (χ4v) is 0.679. The Hall–Kier alpha value is -0.690. The molecule has 2 heterocycles. The fraction of sp³-hybridized carbons (Fsp3) is 0. The Kier molecular flexibility index (Phi) is 1.14. The standard InChI is InChI=1S/C6H4O.ClH/c1-2-5-4-6(3-1)7-5;/h1-4H;1H. The van der Waals surface area contributed by atoms with Crippen molar-refractivity contribution in [3.63, 3.8) is 0 Å². The van der Waals surface area contributed by atoms with Crippen molar-refractivity contribution in [1.29, 1.82) is 0 Å². The zero-order chi connectivity index (χ0) is 4.69. The lowest BCUT2D eigenvalue weighted by Gasteiger charge is -2.13. The molecule has 0 spiro atoms. The van der Waals surface area contributed by atoms with Gasteiger partial charge in [-0.2, -0.15) is 0 Å². The number of hydrogen-bond donors (Lipinski definition) is 0. The summed E-state index contributed by atoms with van der Waals surface area (Å²) in [5, 5.41) is 0. The van der Waals surface area contributed by atoms with E-state index in [1.165, 1.54) is 0 Å². The summed E-state index contributed by atoms with van der Waals surface area (Å²) < 4.78 is 5.01. The van der Waals surface area contributed by atoms with Crippen LogP contribution in [0.1, 0.15) is 0 Å². The highest BCUT2D eigenvalue weighted by Gasteiger charge is 2.05. The number of benzene rings is 1. The van der Waals surface area contributed by atoms with Crippen molar-refractivity contribution in [1.82, 2.24) is 0 Å². The highest BCUT2D eigenvalue weighted by Crippen LogP contribution is 2.32. The van der Waals surface area contributed by atoms with Crippen molar-refractivity contribution in [3.05, 3.63) is 24.3 Å². The second kappa shape index (κ2) is 1.67. The predicted octanol–water partition coefficient (Wildman–Crippen LogP) is 2.21. The predicted molar refractivity (Wildman–Crippen MR) is 33.8 cm³/mol. The van der Waals surface area contributed by atoms with Crippen molar-refractivity contribution < 1.29 is 4.74 Å². The number of hydrogen-bond acceptors (Lipinski definition) is 1. The van der Waals surface area contributed by atoms with E-state index in [1.807, 2.05) is 24.3 Å². The smallest absolute Gasteiger partial charge is 0.131 e. The second-order valence-corrected chi connectivity index (χ2v) is 1.58. The monoisotopic (exact) mass is 128 g/mol. The van der Waals surface area contributed by atoms with Crippen LogP contribution >= 0.6 is 12.4 Å². The lowest BCUT2D eigenvalue weighted by molar-refractivity contribution is 0.438. The first-order chi connectivity index (χ1) is 3.45. The van der Waals surface area contributed by atoms with Crippen molar-refractivity contribution in [2.75, 3.05) is 0 Å². The quantitative estimate of drug-likeness (QED) is 0.529. The van der Waals surface area contributed by atoms with Gasteiger partial charge in [0.15, 0.2) is 0 Å². The van der Waals surface area contributed by atoms with Gasteiger partial charge in [0, 0.05) is 6.07 Å². The van der Waals surface area contributed by atoms with E-state index in [0.717, 1.165) is 11.5 Å². The first-order valence-corrected chi connectivity index (χ1v) is 2.23. The summed E-state index contributed by atoms with van der Waals surface area (Å²) in [6, 6.07) is 7.86. The van der Waals surface area contributed by atoms with Gasteiger partial charge in [-0.3, -0.25) is 0 Å². The van der Waals surface area contributed by atoms with Crippen LogP contribution in [0.15, 0.2) is 24.3 Å². The third-order valence-electron chi connectivity index (χ3n) is 1.04. The maximum Gasteiger partial charge on any atom is 0.131 e. The fourth-order valence-electron chi connectivity index (χ4n) is 0.679. The lowest BCUT2D eigenvalue weighted by Crippen LogP contribution is -1.91. The molecule has 0 aliphatic carbocycles. The molecule has 42 valence electrons. The lowest BCUT2D eigenvalue weighted by atomic mass is 10.2. The molecule has 0 N–H and O–H groups in total. The Morgan fingerprint density at radius 3 is 1.75 bits per heavy atom. The third-order valence-corrected chi connectivity index (χ3v) is 1.04. The third kappa shape index (κ3) is 0.557. The van der Waals surface area contributed by atoms with E-state index in [4.69, 9.17) is 4.74 Å². The summed E-state index contributed by atoms with van der Waals surface area (Å²) >= 11 is 0. The molecule has 1 aromatic rings. The largest absolute Gasteiger partial charge is 0.457 e. The highest BCUT2D eigenvalue weighted by atomic mass is 35.5. The van der Waals surface area contributed by atoms with Gasteiger partial charge in [-0.15, -0.1) is 12.4 Å². The van der Waals surface area contributed by atoms with Gasteiger partial charge < -0.3 is 4.74 Å². The molecule has 0 saturated carbocycles. The highest BCUT2D eigenvalue weighted by molar-refractivity contribution is 5.85. The van der Waals surface area contributed by atoms with Crippen molar-refractivity contribution in [2.24, 2.45) is 0 Å². The first kappa shape index (κ1) is 5.45. The summed E-state index contributed by atoms with van der Waals surface area (Å²) in [6.07, 6.45) is 0. The Labute approximate surface area is 53.7 Å². The van der Waals surface area contributed by atoms with Crippen LogP contribution in [0.25, 0.3) is 0 Å². The molecule has 1 aromatic carbocycles. The van der Waals surface area contributed by atoms with Gasteiger partial charge in [-0.25, -0.2) is 0 Å². The molecule has 1 nitrogen and oxygen atoms in total.